The lowest BCUT2D eigenvalue weighted by Crippen LogP contribution is -2.34. The first kappa shape index (κ1) is 19.4. The molecule has 2 aliphatic heterocycles. The molecule has 0 bridgehead atoms. The first-order chi connectivity index (χ1) is 15.3. The molecule has 0 fully saturated rings. The number of aliphatic imine (C=N–C) groups is 1. The highest BCUT2D eigenvalue weighted by Crippen LogP contribution is 2.37. The minimum atomic E-state index is 0.858. The zero-order valence-corrected chi connectivity index (χ0v) is 18.1. The van der Waals surface area contributed by atoms with Crippen molar-refractivity contribution in [3.05, 3.63) is 90.1 Å². The zero-order valence-electron chi connectivity index (χ0n) is 18.1. The van der Waals surface area contributed by atoms with Gasteiger partial charge in [0.2, 0.25) is 5.96 Å². The van der Waals surface area contributed by atoms with E-state index in [2.05, 4.69) is 83.6 Å². The Balaban J connectivity index is 1.55. The summed E-state index contributed by atoms with van der Waals surface area (Å²) in [7, 11) is 1.73. The molecule has 2 aliphatic rings. The molecule has 3 aromatic rings. The van der Waals surface area contributed by atoms with Crippen LogP contribution in [0.1, 0.15) is 24.0 Å². The third kappa shape index (κ3) is 3.59. The van der Waals surface area contributed by atoms with Gasteiger partial charge in [-0.1, -0.05) is 48.5 Å². The van der Waals surface area contributed by atoms with E-state index in [4.69, 9.17) is 9.73 Å². The van der Waals surface area contributed by atoms with Crippen LogP contribution in [0.4, 0.5) is 5.69 Å². The first-order valence-corrected chi connectivity index (χ1v) is 10.9. The van der Waals surface area contributed by atoms with Gasteiger partial charge in [-0.3, -0.25) is 9.89 Å². The number of guanidine groups is 1. The molecule has 0 saturated heterocycles. The van der Waals surface area contributed by atoms with Crippen LogP contribution in [-0.4, -0.2) is 31.1 Å². The highest BCUT2D eigenvalue weighted by molar-refractivity contribution is 6.08. The zero-order chi connectivity index (χ0) is 21.2. The molecule has 0 radical (unpaired) electrons. The second-order valence-electron chi connectivity index (χ2n) is 7.99. The van der Waals surface area contributed by atoms with E-state index in [1.165, 1.54) is 16.7 Å². The number of methoxy groups -OCH3 is 1. The molecule has 0 saturated carbocycles. The van der Waals surface area contributed by atoms with Crippen LogP contribution in [0.15, 0.2) is 84.0 Å². The van der Waals surface area contributed by atoms with Gasteiger partial charge in [-0.25, -0.2) is 0 Å². The molecule has 156 valence electrons. The number of nitrogens with zero attached hydrogens (tertiary/aromatic N) is 3. The third-order valence-electron chi connectivity index (χ3n) is 6.03. The van der Waals surface area contributed by atoms with Crippen molar-refractivity contribution in [2.45, 2.75) is 19.8 Å². The molecular weight excluding hydrogens is 382 g/mol. The number of benzene rings is 3. The number of fused-ring (bicyclic) bond motifs is 1. The van der Waals surface area contributed by atoms with Gasteiger partial charge in [-0.05, 0) is 60.7 Å². The molecule has 3 aromatic carbocycles. The van der Waals surface area contributed by atoms with E-state index in [1.807, 2.05) is 12.1 Å². The predicted molar refractivity (Wildman–Crippen MR) is 128 cm³/mol. The largest absolute Gasteiger partial charge is 0.496 e. The average molecular weight is 410 g/mol. The molecule has 0 aromatic heterocycles. The van der Waals surface area contributed by atoms with Crippen molar-refractivity contribution in [1.29, 1.82) is 0 Å². The Morgan fingerprint density at radius 1 is 0.839 bits per heavy atom. The van der Waals surface area contributed by atoms with E-state index < -0.39 is 0 Å². The summed E-state index contributed by atoms with van der Waals surface area (Å²) in [5.41, 5.74) is 7.14. The Bertz CT molecular complexity index is 1150. The van der Waals surface area contributed by atoms with Crippen molar-refractivity contribution < 1.29 is 4.74 Å². The molecule has 0 spiro atoms. The van der Waals surface area contributed by atoms with E-state index in [9.17, 15) is 0 Å². The number of hydrogen-bond acceptors (Lipinski definition) is 4. The lowest BCUT2D eigenvalue weighted by Gasteiger charge is -2.25. The van der Waals surface area contributed by atoms with E-state index >= 15 is 0 Å². The van der Waals surface area contributed by atoms with Crippen molar-refractivity contribution >= 4 is 17.3 Å². The average Bonchev–Trinajstić information content (AvgIpc) is 2.99. The van der Waals surface area contributed by atoms with Crippen molar-refractivity contribution in [3.63, 3.8) is 0 Å². The van der Waals surface area contributed by atoms with Crippen LogP contribution in [0.5, 0.6) is 5.75 Å². The Hall–Kier alpha value is -3.53. The SMILES string of the molecule is COc1ccccc1C1=CN(c2ccc(-c3ccccc3C)cc2)C2=NCCCCN12. The Morgan fingerprint density at radius 3 is 2.35 bits per heavy atom. The lowest BCUT2D eigenvalue weighted by atomic mass is 10.0. The maximum absolute atomic E-state index is 5.66. The smallest absolute Gasteiger partial charge is 0.210 e. The van der Waals surface area contributed by atoms with Crippen molar-refractivity contribution in [3.8, 4) is 16.9 Å². The summed E-state index contributed by atoms with van der Waals surface area (Å²) in [6.45, 7) is 3.97. The van der Waals surface area contributed by atoms with Crippen LogP contribution >= 0.6 is 0 Å². The first-order valence-electron chi connectivity index (χ1n) is 10.9. The van der Waals surface area contributed by atoms with E-state index in [1.54, 1.807) is 7.11 Å². The van der Waals surface area contributed by atoms with E-state index in [0.29, 0.717) is 0 Å². The highest BCUT2D eigenvalue weighted by atomic mass is 16.5. The molecule has 2 heterocycles. The summed E-state index contributed by atoms with van der Waals surface area (Å²) in [6.07, 6.45) is 4.43. The van der Waals surface area contributed by atoms with Crippen LogP contribution in [0.3, 0.4) is 0 Å². The monoisotopic (exact) mass is 409 g/mol. The van der Waals surface area contributed by atoms with Crippen LogP contribution in [0.2, 0.25) is 0 Å². The third-order valence-corrected chi connectivity index (χ3v) is 6.03. The summed E-state index contributed by atoms with van der Waals surface area (Å²) >= 11 is 0. The molecule has 31 heavy (non-hydrogen) atoms. The summed E-state index contributed by atoms with van der Waals surface area (Å²) in [4.78, 5) is 9.49. The fourth-order valence-corrected chi connectivity index (χ4v) is 4.39. The minimum absolute atomic E-state index is 0.858. The molecule has 0 amide bonds. The topological polar surface area (TPSA) is 28.1 Å². The second kappa shape index (κ2) is 8.31. The number of aryl methyl sites for hydroxylation is 1. The van der Waals surface area contributed by atoms with Crippen LogP contribution in [0.25, 0.3) is 16.8 Å². The van der Waals surface area contributed by atoms with Gasteiger partial charge in [0.05, 0.1) is 12.8 Å². The highest BCUT2D eigenvalue weighted by Gasteiger charge is 2.32. The number of anilines is 1. The fourth-order valence-electron chi connectivity index (χ4n) is 4.39. The predicted octanol–water partition coefficient (Wildman–Crippen LogP) is 5.94. The molecule has 0 unspecified atom stereocenters. The number of para-hydroxylation sites is 1. The molecule has 0 aliphatic carbocycles. The van der Waals surface area contributed by atoms with Crippen molar-refractivity contribution in [1.82, 2.24) is 4.90 Å². The van der Waals surface area contributed by atoms with Gasteiger partial charge in [0, 0.05) is 30.5 Å². The van der Waals surface area contributed by atoms with Crippen LogP contribution in [-0.2, 0) is 0 Å². The fraction of sp³-hybridized carbons (Fsp3) is 0.222. The van der Waals surface area contributed by atoms with Gasteiger partial charge in [-0.15, -0.1) is 0 Å². The normalized spacial score (nSPS) is 15.8. The Kier molecular flexibility index (Phi) is 5.21. The van der Waals surface area contributed by atoms with Gasteiger partial charge < -0.3 is 9.64 Å². The van der Waals surface area contributed by atoms with Gasteiger partial charge in [-0.2, -0.15) is 0 Å². The molecule has 0 atom stereocenters. The molecule has 4 nitrogen and oxygen atoms in total. The minimum Gasteiger partial charge on any atom is -0.496 e. The standard InChI is InChI=1S/C27H27N3O/c1-20-9-3-4-10-23(20)21-13-15-22(16-14-21)30-19-25(24-11-5-6-12-26(24)31-2)29-18-8-7-17-28-27(29)30/h3-6,9-16,19H,7-8,17-18H2,1-2H3. The summed E-state index contributed by atoms with van der Waals surface area (Å²) in [6, 6.07) is 25.5. The Morgan fingerprint density at radius 2 is 1.58 bits per heavy atom. The van der Waals surface area contributed by atoms with E-state index in [0.717, 1.165) is 54.6 Å². The number of rotatable bonds is 4. The van der Waals surface area contributed by atoms with Crippen molar-refractivity contribution in [2.24, 2.45) is 4.99 Å². The molecular formula is C27H27N3O. The van der Waals surface area contributed by atoms with Gasteiger partial charge >= 0.3 is 0 Å². The molecule has 4 heteroatoms. The summed E-state index contributed by atoms with van der Waals surface area (Å²) < 4.78 is 5.66. The van der Waals surface area contributed by atoms with Gasteiger partial charge in [0.1, 0.15) is 5.75 Å². The lowest BCUT2D eigenvalue weighted by molar-refractivity contribution is 0.412. The van der Waals surface area contributed by atoms with Crippen LogP contribution in [0, 0.1) is 6.92 Å². The van der Waals surface area contributed by atoms with Crippen LogP contribution < -0.4 is 9.64 Å². The van der Waals surface area contributed by atoms with Gasteiger partial charge in [0.25, 0.3) is 0 Å². The number of hydrogen-bond donors (Lipinski definition) is 0. The maximum Gasteiger partial charge on any atom is 0.210 e. The molecule has 0 N–H and O–H groups in total. The van der Waals surface area contributed by atoms with Gasteiger partial charge in [0.15, 0.2) is 0 Å². The Labute approximate surface area is 184 Å². The van der Waals surface area contributed by atoms with Crippen molar-refractivity contribution in [2.75, 3.05) is 25.1 Å². The second-order valence-corrected chi connectivity index (χ2v) is 7.99. The number of ether oxygens (including phenoxy) is 1. The summed E-state index contributed by atoms with van der Waals surface area (Å²) in [5, 5.41) is 0. The molecule has 5 rings (SSSR count). The maximum atomic E-state index is 5.66. The summed E-state index contributed by atoms with van der Waals surface area (Å²) in [5.74, 6) is 1.89. The quantitative estimate of drug-likeness (QED) is 0.534. The van der Waals surface area contributed by atoms with E-state index in [-0.39, 0.29) is 0 Å².